The molecule has 3 heteroatoms. The lowest BCUT2D eigenvalue weighted by Gasteiger charge is -2.27. The van der Waals surface area contributed by atoms with Crippen LogP contribution in [0.15, 0.2) is 18.2 Å². The Bertz CT molecular complexity index is 399. The highest BCUT2D eigenvalue weighted by Crippen LogP contribution is 2.35. The van der Waals surface area contributed by atoms with E-state index in [1.807, 2.05) is 6.07 Å². The van der Waals surface area contributed by atoms with Crippen LogP contribution < -0.4 is 10.2 Å². The Hall–Kier alpha value is -0.890. The number of halogens is 1. The minimum Gasteiger partial charge on any atom is -0.366 e. The van der Waals surface area contributed by atoms with E-state index in [4.69, 9.17) is 11.6 Å². The van der Waals surface area contributed by atoms with E-state index in [1.165, 1.54) is 50.0 Å². The molecule has 1 N–H and O–H groups in total. The molecule has 0 radical (unpaired) electrons. The number of rotatable bonds is 2. The van der Waals surface area contributed by atoms with Gasteiger partial charge in [0.15, 0.2) is 0 Å². The highest BCUT2D eigenvalue weighted by molar-refractivity contribution is 6.31. The van der Waals surface area contributed by atoms with Gasteiger partial charge in [0.05, 0.1) is 18.0 Å². The van der Waals surface area contributed by atoms with Gasteiger partial charge in [0.25, 0.3) is 0 Å². The molecule has 1 fully saturated rings. The molecular weight excluding hydrogens is 232 g/mol. The van der Waals surface area contributed by atoms with Crippen LogP contribution in [0.1, 0.15) is 32.1 Å². The summed E-state index contributed by atoms with van der Waals surface area (Å²) in [7, 11) is 0. The maximum absolute atomic E-state index is 6.08. The van der Waals surface area contributed by atoms with Gasteiger partial charge in [0.2, 0.25) is 0 Å². The summed E-state index contributed by atoms with van der Waals surface area (Å²) in [6, 6.07) is 6.12. The average molecular weight is 251 g/mol. The lowest BCUT2D eigenvalue weighted by Crippen LogP contribution is -2.30. The molecule has 1 aromatic carbocycles. The maximum atomic E-state index is 6.08. The summed E-state index contributed by atoms with van der Waals surface area (Å²) in [4.78, 5) is 2.44. The molecule has 1 saturated carbocycles. The molecule has 0 spiro atoms. The molecule has 1 aliphatic carbocycles. The van der Waals surface area contributed by atoms with Crippen LogP contribution in [-0.2, 0) is 0 Å². The van der Waals surface area contributed by atoms with Gasteiger partial charge in [-0.25, -0.2) is 0 Å². The van der Waals surface area contributed by atoms with Crippen molar-refractivity contribution >= 4 is 23.0 Å². The molecule has 1 aliphatic heterocycles. The molecule has 2 nitrogen and oxygen atoms in total. The van der Waals surface area contributed by atoms with Crippen molar-refractivity contribution in [1.29, 1.82) is 0 Å². The van der Waals surface area contributed by atoms with E-state index in [2.05, 4.69) is 22.3 Å². The molecule has 3 rings (SSSR count). The lowest BCUT2D eigenvalue weighted by molar-refractivity contribution is 0.360. The van der Waals surface area contributed by atoms with Crippen LogP contribution in [0.5, 0.6) is 0 Å². The number of nitrogens with zero attached hydrogens (tertiary/aromatic N) is 1. The van der Waals surface area contributed by atoms with Crippen molar-refractivity contribution < 1.29 is 0 Å². The molecule has 0 atom stereocenters. The van der Waals surface area contributed by atoms with E-state index in [9.17, 15) is 0 Å². The summed E-state index contributed by atoms with van der Waals surface area (Å²) < 4.78 is 0. The highest BCUT2D eigenvalue weighted by atomic mass is 35.5. The first-order valence-electron chi connectivity index (χ1n) is 6.61. The Kier molecular flexibility index (Phi) is 3.15. The fourth-order valence-corrected chi connectivity index (χ4v) is 3.19. The zero-order chi connectivity index (χ0) is 11.7. The SMILES string of the molecule is Clc1ccc2c(c1)N(CC1CCCCC1)CN2. The monoisotopic (exact) mass is 250 g/mol. The maximum Gasteiger partial charge on any atom is 0.0877 e. The number of benzene rings is 1. The fourth-order valence-electron chi connectivity index (χ4n) is 3.03. The third-order valence-corrected chi connectivity index (χ3v) is 4.20. The van der Waals surface area contributed by atoms with Gasteiger partial charge in [-0.15, -0.1) is 0 Å². The van der Waals surface area contributed by atoms with Crippen LogP contribution in [-0.4, -0.2) is 13.2 Å². The summed E-state index contributed by atoms with van der Waals surface area (Å²) >= 11 is 6.08. The molecule has 0 saturated heterocycles. The molecule has 17 heavy (non-hydrogen) atoms. The van der Waals surface area contributed by atoms with Crippen LogP contribution in [0.3, 0.4) is 0 Å². The molecule has 0 aromatic heterocycles. The summed E-state index contributed by atoms with van der Waals surface area (Å²) in [5.41, 5.74) is 2.51. The topological polar surface area (TPSA) is 15.3 Å². The van der Waals surface area contributed by atoms with Crippen LogP contribution in [0, 0.1) is 5.92 Å². The van der Waals surface area contributed by atoms with E-state index >= 15 is 0 Å². The lowest BCUT2D eigenvalue weighted by atomic mass is 9.89. The first-order chi connectivity index (χ1) is 8.33. The van der Waals surface area contributed by atoms with Crippen LogP contribution in [0.2, 0.25) is 5.02 Å². The Labute approximate surface area is 108 Å². The van der Waals surface area contributed by atoms with Crippen molar-refractivity contribution in [2.45, 2.75) is 32.1 Å². The molecule has 1 aromatic rings. The predicted octanol–water partition coefficient (Wildman–Crippen LogP) is 4.11. The summed E-state index contributed by atoms with van der Waals surface area (Å²) in [5, 5.41) is 4.27. The summed E-state index contributed by atoms with van der Waals surface area (Å²) in [5.74, 6) is 0.871. The van der Waals surface area contributed by atoms with E-state index in [-0.39, 0.29) is 0 Å². The second kappa shape index (κ2) is 4.77. The molecular formula is C14H19ClN2. The zero-order valence-corrected chi connectivity index (χ0v) is 10.8. The normalized spacial score (nSPS) is 20.2. The second-order valence-electron chi connectivity index (χ2n) is 5.22. The van der Waals surface area contributed by atoms with Gasteiger partial charge < -0.3 is 10.2 Å². The smallest absolute Gasteiger partial charge is 0.0877 e. The molecule has 1 heterocycles. The van der Waals surface area contributed by atoms with Gasteiger partial charge in [-0.3, -0.25) is 0 Å². The van der Waals surface area contributed by atoms with Crippen molar-refractivity contribution in [3.05, 3.63) is 23.2 Å². The van der Waals surface area contributed by atoms with Crippen molar-refractivity contribution in [2.24, 2.45) is 5.92 Å². The van der Waals surface area contributed by atoms with Crippen molar-refractivity contribution in [3.63, 3.8) is 0 Å². The second-order valence-corrected chi connectivity index (χ2v) is 5.66. The van der Waals surface area contributed by atoms with E-state index < -0.39 is 0 Å². The van der Waals surface area contributed by atoms with Crippen molar-refractivity contribution in [3.8, 4) is 0 Å². The molecule has 92 valence electrons. The Morgan fingerprint density at radius 1 is 1.24 bits per heavy atom. The largest absolute Gasteiger partial charge is 0.366 e. The van der Waals surface area contributed by atoms with Gasteiger partial charge in [-0.05, 0) is 37.0 Å². The number of fused-ring (bicyclic) bond motifs is 1. The van der Waals surface area contributed by atoms with Gasteiger partial charge in [0.1, 0.15) is 0 Å². The third kappa shape index (κ3) is 2.37. The minimum absolute atomic E-state index is 0.834. The first kappa shape index (κ1) is 11.2. The van der Waals surface area contributed by atoms with Crippen LogP contribution in [0.4, 0.5) is 11.4 Å². The average Bonchev–Trinajstić information content (AvgIpc) is 2.73. The molecule has 2 aliphatic rings. The van der Waals surface area contributed by atoms with Gasteiger partial charge in [-0.1, -0.05) is 30.9 Å². The van der Waals surface area contributed by atoms with Gasteiger partial charge >= 0.3 is 0 Å². The zero-order valence-electron chi connectivity index (χ0n) is 10.1. The number of nitrogens with one attached hydrogen (secondary N) is 1. The summed E-state index contributed by atoms with van der Waals surface area (Å²) in [6.45, 7) is 2.12. The molecule has 0 unspecified atom stereocenters. The quantitative estimate of drug-likeness (QED) is 0.850. The predicted molar refractivity (Wildman–Crippen MR) is 73.9 cm³/mol. The number of hydrogen-bond donors (Lipinski definition) is 1. The minimum atomic E-state index is 0.834. The van der Waals surface area contributed by atoms with Crippen molar-refractivity contribution in [1.82, 2.24) is 0 Å². The van der Waals surface area contributed by atoms with Crippen molar-refractivity contribution in [2.75, 3.05) is 23.4 Å². The van der Waals surface area contributed by atoms with E-state index in [1.54, 1.807) is 0 Å². The number of anilines is 2. The van der Waals surface area contributed by atoms with E-state index in [0.29, 0.717) is 0 Å². The van der Waals surface area contributed by atoms with Gasteiger partial charge in [0, 0.05) is 11.6 Å². The van der Waals surface area contributed by atoms with E-state index in [0.717, 1.165) is 17.6 Å². The first-order valence-corrected chi connectivity index (χ1v) is 6.99. The highest BCUT2D eigenvalue weighted by Gasteiger charge is 2.22. The fraction of sp³-hybridized carbons (Fsp3) is 0.571. The Balaban J connectivity index is 1.72. The molecule has 0 amide bonds. The summed E-state index contributed by atoms with van der Waals surface area (Å²) in [6.07, 6.45) is 7.04. The molecule has 0 bridgehead atoms. The van der Waals surface area contributed by atoms with Crippen LogP contribution >= 0.6 is 11.6 Å². The van der Waals surface area contributed by atoms with Crippen LogP contribution in [0.25, 0.3) is 0 Å². The Morgan fingerprint density at radius 3 is 2.88 bits per heavy atom. The standard InChI is InChI=1S/C14H19ClN2/c15-12-6-7-13-14(8-12)17(10-16-13)9-11-4-2-1-3-5-11/h6-8,11,16H,1-5,9-10H2. The Morgan fingerprint density at radius 2 is 2.06 bits per heavy atom. The number of hydrogen-bond acceptors (Lipinski definition) is 2. The third-order valence-electron chi connectivity index (χ3n) is 3.96. The van der Waals surface area contributed by atoms with Gasteiger partial charge in [-0.2, -0.15) is 0 Å².